The van der Waals surface area contributed by atoms with Gasteiger partial charge in [0.05, 0.1) is 11.3 Å². The number of benzene rings is 1. The number of amides is 3. The van der Waals surface area contributed by atoms with Crippen LogP contribution in [0.2, 0.25) is 0 Å². The van der Waals surface area contributed by atoms with E-state index in [1.807, 2.05) is 0 Å². The number of ether oxygens (including phenoxy) is 1. The van der Waals surface area contributed by atoms with Gasteiger partial charge in [-0.1, -0.05) is 12.1 Å². The van der Waals surface area contributed by atoms with Crippen LogP contribution < -0.4 is 10.6 Å². The molecule has 132 valence electrons. The lowest BCUT2D eigenvalue weighted by Gasteiger charge is -2.24. The first-order valence-corrected chi connectivity index (χ1v) is 7.61. The first-order chi connectivity index (χ1) is 11.0. The van der Waals surface area contributed by atoms with Gasteiger partial charge in [-0.15, -0.1) is 0 Å². The van der Waals surface area contributed by atoms with Crippen LogP contribution >= 0.6 is 0 Å². The van der Waals surface area contributed by atoms with Gasteiger partial charge < -0.3 is 20.3 Å². The van der Waals surface area contributed by atoms with Gasteiger partial charge in [-0.25, -0.2) is 4.79 Å². The maximum absolute atomic E-state index is 12.2. The average Bonchev–Trinajstić information content (AvgIpc) is 2.44. The number of aryl methyl sites for hydroxylation is 1. The Kier molecular flexibility index (Phi) is 6.34. The number of anilines is 1. The van der Waals surface area contributed by atoms with Crippen LogP contribution in [-0.2, 0) is 9.53 Å². The van der Waals surface area contributed by atoms with E-state index in [-0.39, 0.29) is 12.5 Å². The largest absolute Gasteiger partial charge is 0.444 e. The summed E-state index contributed by atoms with van der Waals surface area (Å²) >= 11 is 0. The number of hydrogen-bond donors (Lipinski definition) is 2. The van der Waals surface area contributed by atoms with Gasteiger partial charge in [0.25, 0.3) is 5.91 Å². The molecule has 0 saturated heterocycles. The zero-order valence-electron chi connectivity index (χ0n) is 15.0. The lowest BCUT2D eigenvalue weighted by atomic mass is 10.1. The van der Waals surface area contributed by atoms with E-state index in [0.29, 0.717) is 11.3 Å². The van der Waals surface area contributed by atoms with Crippen LogP contribution in [0.4, 0.5) is 10.5 Å². The van der Waals surface area contributed by atoms with Crippen molar-refractivity contribution in [3.05, 3.63) is 29.3 Å². The van der Waals surface area contributed by atoms with Crippen LogP contribution in [0.5, 0.6) is 0 Å². The molecule has 0 unspecified atom stereocenters. The second-order valence-corrected chi connectivity index (χ2v) is 6.46. The molecule has 1 aromatic carbocycles. The predicted molar refractivity (Wildman–Crippen MR) is 92.1 cm³/mol. The lowest BCUT2D eigenvalue weighted by Crippen LogP contribution is -2.39. The summed E-state index contributed by atoms with van der Waals surface area (Å²) in [4.78, 5) is 37.2. The van der Waals surface area contributed by atoms with Crippen molar-refractivity contribution >= 4 is 23.6 Å². The molecule has 0 radical (unpaired) electrons. The average molecular weight is 335 g/mol. The van der Waals surface area contributed by atoms with Gasteiger partial charge >= 0.3 is 6.09 Å². The smallest absolute Gasteiger partial charge is 0.410 e. The Labute approximate surface area is 142 Å². The number of carbonyl (C=O) groups excluding carboxylic acids is 3. The summed E-state index contributed by atoms with van der Waals surface area (Å²) in [6, 6.07) is 5.17. The molecule has 0 aliphatic carbocycles. The molecule has 1 rings (SSSR count). The van der Waals surface area contributed by atoms with E-state index in [4.69, 9.17) is 4.74 Å². The fourth-order valence-electron chi connectivity index (χ4n) is 2.01. The van der Waals surface area contributed by atoms with Gasteiger partial charge in [0.2, 0.25) is 5.91 Å². The second kappa shape index (κ2) is 7.81. The monoisotopic (exact) mass is 335 g/mol. The molecule has 7 heteroatoms. The summed E-state index contributed by atoms with van der Waals surface area (Å²) in [5.41, 5.74) is 0.906. The van der Waals surface area contributed by atoms with Crippen molar-refractivity contribution in [3.63, 3.8) is 0 Å². The second-order valence-electron chi connectivity index (χ2n) is 6.46. The third-order valence-electron chi connectivity index (χ3n) is 3.09. The van der Waals surface area contributed by atoms with E-state index >= 15 is 0 Å². The summed E-state index contributed by atoms with van der Waals surface area (Å²) < 4.78 is 5.19. The molecule has 0 aromatic heterocycles. The lowest BCUT2D eigenvalue weighted by molar-refractivity contribution is -0.117. The highest BCUT2D eigenvalue weighted by atomic mass is 16.6. The van der Waals surface area contributed by atoms with Gasteiger partial charge in [0, 0.05) is 14.1 Å². The molecule has 0 heterocycles. The van der Waals surface area contributed by atoms with Crippen LogP contribution in [0.15, 0.2) is 18.2 Å². The van der Waals surface area contributed by atoms with Crippen LogP contribution in [0.25, 0.3) is 0 Å². The van der Waals surface area contributed by atoms with Crippen LogP contribution in [0.1, 0.15) is 36.7 Å². The summed E-state index contributed by atoms with van der Waals surface area (Å²) in [6.07, 6.45) is -0.589. The van der Waals surface area contributed by atoms with E-state index in [1.54, 1.807) is 45.9 Å². The quantitative estimate of drug-likeness (QED) is 0.882. The minimum absolute atomic E-state index is 0.184. The molecule has 0 atom stereocenters. The maximum atomic E-state index is 12.2. The summed E-state index contributed by atoms with van der Waals surface area (Å²) in [6.45, 7) is 6.85. The molecule has 24 heavy (non-hydrogen) atoms. The number of likely N-dealkylation sites (N-methyl/N-ethyl adjacent to an activating group) is 1. The molecule has 0 fully saturated rings. The van der Waals surface area contributed by atoms with Gasteiger partial charge in [-0.2, -0.15) is 0 Å². The highest BCUT2D eigenvalue weighted by Gasteiger charge is 2.22. The molecule has 3 amide bonds. The Morgan fingerprint density at radius 2 is 1.83 bits per heavy atom. The molecule has 0 aliphatic rings. The van der Waals surface area contributed by atoms with Crippen molar-refractivity contribution in [1.29, 1.82) is 0 Å². The summed E-state index contributed by atoms with van der Waals surface area (Å²) in [5, 5.41) is 5.21. The molecule has 0 spiro atoms. The normalized spacial score (nSPS) is 10.8. The molecular weight excluding hydrogens is 310 g/mol. The first kappa shape index (κ1) is 19.5. The Hall–Kier alpha value is -2.57. The van der Waals surface area contributed by atoms with Crippen molar-refractivity contribution < 1.29 is 19.1 Å². The van der Waals surface area contributed by atoms with E-state index in [0.717, 1.165) is 5.56 Å². The number of hydrogen-bond acceptors (Lipinski definition) is 4. The highest BCUT2D eigenvalue weighted by molar-refractivity contribution is 6.05. The van der Waals surface area contributed by atoms with Gasteiger partial charge in [0.1, 0.15) is 12.1 Å². The van der Waals surface area contributed by atoms with Gasteiger partial charge in [0.15, 0.2) is 0 Å². The SMILES string of the molecule is CNC(=O)c1c(C)cccc1NC(=O)CN(C)C(=O)OC(C)(C)C. The molecule has 0 aliphatic heterocycles. The van der Waals surface area contributed by atoms with E-state index in [2.05, 4.69) is 10.6 Å². The fraction of sp³-hybridized carbons (Fsp3) is 0.471. The molecule has 7 nitrogen and oxygen atoms in total. The van der Waals surface area contributed by atoms with Crippen molar-refractivity contribution in [3.8, 4) is 0 Å². The Balaban J connectivity index is 2.81. The third-order valence-corrected chi connectivity index (χ3v) is 3.09. The van der Waals surface area contributed by atoms with Crippen molar-refractivity contribution in [1.82, 2.24) is 10.2 Å². The van der Waals surface area contributed by atoms with E-state index in [1.165, 1.54) is 19.0 Å². The Bertz CT molecular complexity index is 635. The zero-order chi connectivity index (χ0) is 18.5. The highest BCUT2D eigenvalue weighted by Crippen LogP contribution is 2.19. The van der Waals surface area contributed by atoms with E-state index < -0.39 is 17.6 Å². The zero-order valence-corrected chi connectivity index (χ0v) is 15.0. The fourth-order valence-corrected chi connectivity index (χ4v) is 2.01. The topological polar surface area (TPSA) is 87.7 Å². The number of rotatable bonds is 4. The first-order valence-electron chi connectivity index (χ1n) is 7.61. The third kappa shape index (κ3) is 5.57. The molecule has 0 bridgehead atoms. The van der Waals surface area contributed by atoms with Crippen LogP contribution in [0, 0.1) is 6.92 Å². The maximum Gasteiger partial charge on any atom is 0.410 e. The minimum Gasteiger partial charge on any atom is -0.444 e. The molecule has 1 aromatic rings. The number of carbonyl (C=O) groups is 3. The Morgan fingerprint density at radius 1 is 1.21 bits per heavy atom. The van der Waals surface area contributed by atoms with Crippen molar-refractivity contribution in [2.24, 2.45) is 0 Å². The van der Waals surface area contributed by atoms with Gasteiger partial charge in [-0.3, -0.25) is 9.59 Å². The van der Waals surface area contributed by atoms with Crippen LogP contribution in [-0.4, -0.2) is 49.0 Å². The summed E-state index contributed by atoms with van der Waals surface area (Å²) in [7, 11) is 3.00. The van der Waals surface area contributed by atoms with Crippen molar-refractivity contribution in [2.75, 3.05) is 26.0 Å². The predicted octanol–water partition coefficient (Wildman–Crippen LogP) is 2.16. The standard InChI is InChI=1S/C17H25N3O4/c1-11-8-7-9-12(14(11)15(22)18-5)19-13(21)10-20(6)16(23)24-17(2,3)4/h7-9H,10H2,1-6H3,(H,18,22)(H,19,21). The molecule has 2 N–H and O–H groups in total. The van der Waals surface area contributed by atoms with E-state index in [9.17, 15) is 14.4 Å². The minimum atomic E-state index is -0.634. The Morgan fingerprint density at radius 3 is 2.38 bits per heavy atom. The van der Waals surface area contributed by atoms with Crippen molar-refractivity contribution in [2.45, 2.75) is 33.3 Å². The van der Waals surface area contributed by atoms with Crippen LogP contribution in [0.3, 0.4) is 0 Å². The molecule has 0 saturated carbocycles. The molecular formula is C17H25N3O4. The number of nitrogens with one attached hydrogen (secondary N) is 2. The summed E-state index contributed by atoms with van der Waals surface area (Å²) in [5.74, 6) is -0.706. The number of nitrogens with zero attached hydrogens (tertiary/aromatic N) is 1. The van der Waals surface area contributed by atoms with Gasteiger partial charge in [-0.05, 0) is 39.3 Å².